The number of benzene rings is 2. The molecule has 30 heavy (non-hydrogen) atoms. The molecule has 0 saturated carbocycles. The van der Waals surface area contributed by atoms with Crippen LogP contribution in [-0.4, -0.2) is 65.8 Å². The van der Waals surface area contributed by atoms with E-state index >= 15 is 0 Å². The molecule has 1 heterocycles. The fourth-order valence-corrected chi connectivity index (χ4v) is 3.66. The Kier molecular flexibility index (Phi) is 7.65. The number of nitrogens with zero attached hydrogens (tertiary/aromatic N) is 2. The molecule has 162 valence electrons. The highest BCUT2D eigenvalue weighted by molar-refractivity contribution is 5.78. The smallest absolute Gasteiger partial charge is 0.260 e. The number of para-hydroxylation sites is 2. The monoisotopic (exact) mass is 416 g/mol. The molecule has 1 aliphatic rings. The molecular weight excluding hydrogens is 387 g/mol. The van der Waals surface area contributed by atoms with Gasteiger partial charge in [-0.1, -0.05) is 24.3 Å². The van der Waals surface area contributed by atoms with E-state index in [1.165, 1.54) is 12.1 Å². The molecule has 2 atom stereocenters. The van der Waals surface area contributed by atoms with E-state index < -0.39 is 0 Å². The van der Waals surface area contributed by atoms with Gasteiger partial charge in [0, 0.05) is 31.7 Å². The van der Waals surface area contributed by atoms with E-state index in [2.05, 4.69) is 11.8 Å². The molecule has 0 bridgehead atoms. The van der Waals surface area contributed by atoms with Crippen molar-refractivity contribution in [2.24, 2.45) is 0 Å². The Balaban J connectivity index is 1.55. The first-order chi connectivity index (χ1) is 14.5. The number of carbonyl (C=O) groups is 1. The van der Waals surface area contributed by atoms with Crippen LogP contribution in [0.1, 0.15) is 19.4 Å². The molecule has 1 saturated heterocycles. The largest absolute Gasteiger partial charge is 0.487 e. The number of carbonyl (C=O) groups excluding carboxylic acids is 1. The van der Waals surface area contributed by atoms with Crippen LogP contribution in [-0.2, 0) is 11.3 Å². The maximum absolute atomic E-state index is 13.1. The Morgan fingerprint density at radius 3 is 2.37 bits per heavy atom. The maximum Gasteiger partial charge on any atom is 0.260 e. The van der Waals surface area contributed by atoms with Gasteiger partial charge in [-0.3, -0.25) is 9.69 Å². The molecule has 0 unspecified atom stereocenters. The number of amides is 1. The lowest BCUT2D eigenvalue weighted by molar-refractivity contribution is -0.139. The number of rotatable bonds is 8. The highest BCUT2D eigenvalue weighted by atomic mass is 19.1. The third-order valence-corrected chi connectivity index (χ3v) is 5.28. The summed E-state index contributed by atoms with van der Waals surface area (Å²) in [6, 6.07) is 13.9. The lowest BCUT2D eigenvalue weighted by Crippen LogP contribution is -2.58. The van der Waals surface area contributed by atoms with Crippen molar-refractivity contribution in [3.05, 3.63) is 59.9 Å². The lowest BCUT2D eigenvalue weighted by atomic mass is 10.1. The Morgan fingerprint density at radius 2 is 1.70 bits per heavy atom. The van der Waals surface area contributed by atoms with Crippen LogP contribution in [0.25, 0.3) is 0 Å². The van der Waals surface area contributed by atoms with Gasteiger partial charge in [0.2, 0.25) is 0 Å². The predicted octanol–water partition coefficient (Wildman–Crippen LogP) is 2.70. The van der Waals surface area contributed by atoms with Crippen LogP contribution in [0, 0.1) is 5.82 Å². The van der Waals surface area contributed by atoms with Gasteiger partial charge >= 0.3 is 0 Å². The van der Waals surface area contributed by atoms with Gasteiger partial charge in [-0.25, -0.2) is 4.39 Å². The summed E-state index contributed by atoms with van der Waals surface area (Å²) < 4.78 is 24.3. The first-order valence-corrected chi connectivity index (χ1v) is 10.2. The first-order valence-electron chi connectivity index (χ1n) is 10.2. The fourth-order valence-electron chi connectivity index (χ4n) is 3.66. The van der Waals surface area contributed by atoms with Gasteiger partial charge in [-0.15, -0.1) is 0 Å². The molecule has 2 aromatic rings. The highest BCUT2D eigenvalue weighted by Crippen LogP contribution is 2.26. The third-order valence-electron chi connectivity index (χ3n) is 5.28. The van der Waals surface area contributed by atoms with Gasteiger partial charge in [-0.2, -0.15) is 0 Å². The second-order valence-corrected chi connectivity index (χ2v) is 7.61. The summed E-state index contributed by atoms with van der Waals surface area (Å²) in [6.45, 7) is 6.18. The first kappa shape index (κ1) is 22.1. The topological polar surface area (TPSA) is 62.2 Å². The molecule has 1 N–H and O–H groups in total. The summed E-state index contributed by atoms with van der Waals surface area (Å²) in [5.41, 5.74) is 1.05. The van der Waals surface area contributed by atoms with E-state index in [1.807, 2.05) is 24.0 Å². The molecule has 0 aliphatic carbocycles. The molecule has 3 rings (SSSR count). The van der Waals surface area contributed by atoms with Crippen molar-refractivity contribution in [3.63, 3.8) is 0 Å². The number of hydrogen-bond donors (Lipinski definition) is 1. The van der Waals surface area contributed by atoms with Crippen LogP contribution < -0.4 is 9.47 Å². The number of piperazine rings is 1. The molecule has 1 aliphatic heterocycles. The quantitative estimate of drug-likeness (QED) is 0.717. The van der Waals surface area contributed by atoms with E-state index in [0.29, 0.717) is 18.0 Å². The van der Waals surface area contributed by atoms with Crippen molar-refractivity contribution >= 4 is 5.91 Å². The second-order valence-electron chi connectivity index (χ2n) is 7.61. The van der Waals surface area contributed by atoms with Gasteiger partial charge in [0.1, 0.15) is 12.4 Å². The second kappa shape index (κ2) is 10.4. The van der Waals surface area contributed by atoms with Crippen molar-refractivity contribution in [2.75, 3.05) is 32.9 Å². The number of ether oxygens (including phenoxy) is 2. The SMILES string of the molecule is C[C@@H]1CN(Cc2ccc(F)cc2)[C@@H](C)CN1C(=O)COc1ccccc1OCCO. The highest BCUT2D eigenvalue weighted by Gasteiger charge is 2.32. The summed E-state index contributed by atoms with van der Waals surface area (Å²) >= 11 is 0. The van der Waals surface area contributed by atoms with Crippen molar-refractivity contribution in [2.45, 2.75) is 32.5 Å². The van der Waals surface area contributed by atoms with Crippen molar-refractivity contribution < 1.29 is 23.8 Å². The fraction of sp³-hybridized carbons (Fsp3) is 0.435. The van der Waals surface area contributed by atoms with E-state index in [4.69, 9.17) is 14.6 Å². The van der Waals surface area contributed by atoms with E-state index in [-0.39, 0.29) is 43.6 Å². The summed E-state index contributed by atoms with van der Waals surface area (Å²) in [6.07, 6.45) is 0. The average Bonchev–Trinajstić information content (AvgIpc) is 2.75. The van der Waals surface area contributed by atoms with E-state index in [1.54, 1.807) is 24.3 Å². The summed E-state index contributed by atoms with van der Waals surface area (Å²) in [5, 5.41) is 8.94. The number of hydrogen-bond acceptors (Lipinski definition) is 5. The molecule has 0 spiro atoms. The number of aliphatic hydroxyl groups excluding tert-OH is 1. The normalized spacial score (nSPS) is 19.5. The van der Waals surface area contributed by atoms with Gasteiger partial charge in [-0.05, 0) is 43.7 Å². The minimum atomic E-state index is -0.237. The molecule has 6 nitrogen and oxygen atoms in total. The Labute approximate surface area is 176 Å². The molecule has 7 heteroatoms. The summed E-state index contributed by atoms with van der Waals surface area (Å²) in [5.74, 6) is 0.673. The van der Waals surface area contributed by atoms with Gasteiger partial charge in [0.05, 0.1) is 6.61 Å². The van der Waals surface area contributed by atoms with Crippen molar-refractivity contribution in [1.82, 2.24) is 9.80 Å². The lowest BCUT2D eigenvalue weighted by Gasteiger charge is -2.44. The van der Waals surface area contributed by atoms with Gasteiger partial charge in [0.15, 0.2) is 18.1 Å². The van der Waals surface area contributed by atoms with Crippen LogP contribution in [0.2, 0.25) is 0 Å². The molecular formula is C23H29FN2O4. The molecule has 0 radical (unpaired) electrons. The zero-order valence-electron chi connectivity index (χ0n) is 17.5. The van der Waals surface area contributed by atoms with Crippen molar-refractivity contribution in [3.8, 4) is 11.5 Å². The molecule has 1 fully saturated rings. The van der Waals surface area contributed by atoms with Crippen LogP contribution in [0.5, 0.6) is 11.5 Å². The minimum Gasteiger partial charge on any atom is -0.487 e. The number of halogens is 1. The summed E-state index contributed by atoms with van der Waals surface area (Å²) in [7, 11) is 0. The Morgan fingerprint density at radius 1 is 1.03 bits per heavy atom. The Hall–Kier alpha value is -2.64. The van der Waals surface area contributed by atoms with E-state index in [9.17, 15) is 9.18 Å². The average molecular weight is 416 g/mol. The summed E-state index contributed by atoms with van der Waals surface area (Å²) in [4.78, 5) is 17.0. The zero-order valence-corrected chi connectivity index (χ0v) is 17.5. The van der Waals surface area contributed by atoms with E-state index in [0.717, 1.165) is 18.7 Å². The molecule has 0 aromatic heterocycles. The van der Waals surface area contributed by atoms with Crippen LogP contribution in [0.4, 0.5) is 4.39 Å². The minimum absolute atomic E-state index is 0.0404. The standard InChI is InChI=1S/C23H29FN2O4/c1-17-14-26(18(2)13-25(17)15-19-7-9-20(24)10-8-19)23(28)16-30-22-6-4-3-5-21(22)29-12-11-27/h3-10,17-18,27H,11-16H2,1-2H3/t17-,18+/m0/s1. The number of aliphatic hydroxyl groups is 1. The van der Waals surface area contributed by atoms with Gasteiger partial charge in [0.25, 0.3) is 5.91 Å². The predicted molar refractivity (Wildman–Crippen MR) is 112 cm³/mol. The molecule has 1 amide bonds. The zero-order chi connectivity index (χ0) is 21.5. The van der Waals surface area contributed by atoms with Crippen molar-refractivity contribution in [1.29, 1.82) is 0 Å². The molecule has 2 aromatic carbocycles. The van der Waals surface area contributed by atoms with Crippen LogP contribution >= 0.6 is 0 Å². The van der Waals surface area contributed by atoms with Crippen LogP contribution in [0.3, 0.4) is 0 Å². The van der Waals surface area contributed by atoms with Crippen LogP contribution in [0.15, 0.2) is 48.5 Å². The maximum atomic E-state index is 13.1. The van der Waals surface area contributed by atoms with Gasteiger partial charge < -0.3 is 19.5 Å². The third kappa shape index (κ3) is 5.70. The Bertz CT molecular complexity index is 830.